The number of carbonyl (C=O) groups excluding carboxylic acids is 3. The van der Waals surface area contributed by atoms with Crippen molar-refractivity contribution in [3.8, 4) is 0 Å². The van der Waals surface area contributed by atoms with Crippen LogP contribution in [0, 0.1) is 0 Å². The third kappa shape index (κ3) is 3.70. The Balaban J connectivity index is 1.60. The van der Waals surface area contributed by atoms with Gasteiger partial charge in [-0.15, -0.1) is 11.8 Å². The lowest BCUT2D eigenvalue weighted by Gasteiger charge is -2.26. The molecule has 3 amide bonds. The summed E-state index contributed by atoms with van der Waals surface area (Å²) in [5, 5.41) is 3.65. The van der Waals surface area contributed by atoms with E-state index < -0.39 is 0 Å². The molecule has 1 aromatic rings. The van der Waals surface area contributed by atoms with Crippen LogP contribution < -0.4 is 5.32 Å². The van der Waals surface area contributed by atoms with Crippen molar-refractivity contribution in [2.24, 2.45) is 0 Å². The lowest BCUT2D eigenvalue weighted by molar-refractivity contribution is -0.138. The molecule has 1 aromatic carbocycles. The molecule has 0 aliphatic carbocycles. The number of benzene rings is 1. The number of imide groups is 1. The fourth-order valence-electron chi connectivity index (χ4n) is 2.87. The monoisotopic (exact) mass is 352 g/mol. The van der Waals surface area contributed by atoms with Gasteiger partial charge < -0.3 is 5.32 Å². The maximum atomic E-state index is 12.2. The first-order valence-electron chi connectivity index (χ1n) is 7.59. The van der Waals surface area contributed by atoms with Gasteiger partial charge in [-0.05, 0) is 30.2 Å². The van der Waals surface area contributed by atoms with Gasteiger partial charge in [0.15, 0.2) is 0 Å². The van der Waals surface area contributed by atoms with E-state index in [1.165, 1.54) is 4.90 Å². The maximum Gasteiger partial charge on any atom is 0.229 e. The molecule has 1 fully saturated rings. The van der Waals surface area contributed by atoms with Crippen molar-refractivity contribution < 1.29 is 14.4 Å². The predicted molar refractivity (Wildman–Crippen MR) is 88.2 cm³/mol. The van der Waals surface area contributed by atoms with Crippen LogP contribution in [0.4, 0.5) is 0 Å². The molecular formula is C16H17ClN2O3S. The minimum absolute atomic E-state index is 0.0672. The van der Waals surface area contributed by atoms with E-state index in [0.29, 0.717) is 5.02 Å². The highest BCUT2D eigenvalue weighted by Gasteiger charge is 2.29. The summed E-state index contributed by atoms with van der Waals surface area (Å²) in [5.41, 5.74) is 1.04. The Morgan fingerprint density at radius 1 is 1.30 bits per heavy atom. The number of hydrogen-bond acceptors (Lipinski definition) is 4. The van der Waals surface area contributed by atoms with Gasteiger partial charge in [0.2, 0.25) is 17.7 Å². The average Bonchev–Trinajstić information content (AvgIpc) is 2.84. The molecule has 122 valence electrons. The lowest BCUT2D eigenvalue weighted by atomic mass is 10.0. The first kappa shape index (κ1) is 16.3. The van der Waals surface area contributed by atoms with E-state index in [1.807, 2.05) is 18.2 Å². The van der Waals surface area contributed by atoms with Crippen molar-refractivity contribution >= 4 is 41.1 Å². The van der Waals surface area contributed by atoms with Crippen LogP contribution in [0.5, 0.6) is 0 Å². The Hall–Kier alpha value is -1.53. The van der Waals surface area contributed by atoms with Crippen LogP contribution in [-0.2, 0) is 14.4 Å². The van der Waals surface area contributed by atoms with E-state index in [4.69, 9.17) is 11.6 Å². The van der Waals surface area contributed by atoms with E-state index in [-0.39, 0.29) is 49.6 Å². The molecule has 0 saturated carbocycles. The highest BCUT2D eigenvalue weighted by molar-refractivity contribution is 7.99. The van der Waals surface area contributed by atoms with E-state index in [0.717, 1.165) is 22.6 Å². The zero-order chi connectivity index (χ0) is 16.4. The molecule has 1 atom stereocenters. The van der Waals surface area contributed by atoms with Crippen LogP contribution in [0.2, 0.25) is 5.02 Å². The summed E-state index contributed by atoms with van der Waals surface area (Å²) >= 11 is 7.81. The van der Waals surface area contributed by atoms with Gasteiger partial charge in [0, 0.05) is 41.5 Å². The number of carbonyl (C=O) groups is 3. The second-order valence-electron chi connectivity index (χ2n) is 5.63. The Kier molecular flexibility index (Phi) is 4.92. The summed E-state index contributed by atoms with van der Waals surface area (Å²) in [6, 6.07) is 5.65. The molecule has 0 spiro atoms. The van der Waals surface area contributed by atoms with Crippen LogP contribution >= 0.6 is 23.4 Å². The van der Waals surface area contributed by atoms with Crippen molar-refractivity contribution in [2.75, 3.05) is 12.3 Å². The second-order valence-corrected chi connectivity index (χ2v) is 7.20. The summed E-state index contributed by atoms with van der Waals surface area (Å²) in [7, 11) is 0. The van der Waals surface area contributed by atoms with Gasteiger partial charge in [-0.2, -0.15) is 0 Å². The highest BCUT2D eigenvalue weighted by Crippen LogP contribution is 2.37. The van der Waals surface area contributed by atoms with Crippen LogP contribution in [0.15, 0.2) is 23.1 Å². The van der Waals surface area contributed by atoms with Crippen LogP contribution in [0.3, 0.4) is 0 Å². The normalized spacial score (nSPS) is 20.6. The molecular weight excluding hydrogens is 336 g/mol. The number of rotatable bonds is 4. The molecule has 2 aliphatic rings. The number of amides is 3. The molecule has 7 heteroatoms. The molecule has 1 N–H and O–H groups in total. The molecule has 1 unspecified atom stereocenters. The number of fused-ring (bicyclic) bond motifs is 1. The molecule has 2 aliphatic heterocycles. The average molecular weight is 353 g/mol. The Morgan fingerprint density at radius 2 is 2.04 bits per heavy atom. The minimum Gasteiger partial charge on any atom is -0.349 e. The molecule has 1 saturated heterocycles. The Morgan fingerprint density at radius 3 is 2.78 bits per heavy atom. The Labute approximate surface area is 143 Å². The van der Waals surface area contributed by atoms with Crippen LogP contribution in [0.1, 0.15) is 37.3 Å². The topological polar surface area (TPSA) is 66.5 Å². The second kappa shape index (κ2) is 6.93. The number of likely N-dealkylation sites (tertiary alicyclic amines) is 1. The molecule has 0 aromatic heterocycles. The van der Waals surface area contributed by atoms with Crippen LogP contribution in [-0.4, -0.2) is 34.9 Å². The number of thioether (sulfide) groups is 1. The van der Waals surface area contributed by atoms with E-state index in [1.54, 1.807) is 11.8 Å². The van der Waals surface area contributed by atoms with Gasteiger partial charge in [-0.25, -0.2) is 0 Å². The van der Waals surface area contributed by atoms with Crippen molar-refractivity contribution in [3.05, 3.63) is 28.8 Å². The molecule has 0 radical (unpaired) electrons. The smallest absolute Gasteiger partial charge is 0.229 e. The number of hydrogen-bond donors (Lipinski definition) is 1. The van der Waals surface area contributed by atoms with Crippen LogP contribution in [0.25, 0.3) is 0 Å². The zero-order valence-corrected chi connectivity index (χ0v) is 14.1. The van der Waals surface area contributed by atoms with E-state index in [9.17, 15) is 14.4 Å². The van der Waals surface area contributed by atoms with E-state index in [2.05, 4.69) is 5.32 Å². The quantitative estimate of drug-likeness (QED) is 0.846. The van der Waals surface area contributed by atoms with Gasteiger partial charge in [0.1, 0.15) is 0 Å². The molecule has 3 rings (SSSR count). The molecule has 5 nitrogen and oxygen atoms in total. The van der Waals surface area contributed by atoms with Crippen molar-refractivity contribution in [1.82, 2.24) is 10.2 Å². The molecule has 23 heavy (non-hydrogen) atoms. The number of nitrogens with zero attached hydrogens (tertiary/aromatic N) is 1. The standard InChI is InChI=1S/C16H17ClN2O3S/c17-10-1-2-13-11(9-10)12(6-8-23-13)18-14(20)5-7-19-15(21)3-4-16(19)22/h1-2,9,12H,3-8H2,(H,18,20). The highest BCUT2D eigenvalue weighted by atomic mass is 35.5. The van der Waals surface area contributed by atoms with E-state index >= 15 is 0 Å². The minimum atomic E-state index is -0.186. The summed E-state index contributed by atoms with van der Waals surface area (Å²) < 4.78 is 0. The summed E-state index contributed by atoms with van der Waals surface area (Å²) in [6.45, 7) is 0.160. The third-order valence-corrected chi connectivity index (χ3v) is 5.42. The predicted octanol–water partition coefficient (Wildman–Crippen LogP) is 2.53. The van der Waals surface area contributed by atoms with Crippen molar-refractivity contribution in [2.45, 2.75) is 36.6 Å². The van der Waals surface area contributed by atoms with Crippen molar-refractivity contribution in [1.29, 1.82) is 0 Å². The zero-order valence-electron chi connectivity index (χ0n) is 12.5. The first-order valence-corrected chi connectivity index (χ1v) is 8.96. The number of halogens is 1. The summed E-state index contributed by atoms with van der Waals surface area (Å²) in [5.74, 6) is 0.409. The summed E-state index contributed by atoms with van der Waals surface area (Å²) in [6.07, 6.45) is 1.49. The molecule has 0 bridgehead atoms. The number of nitrogens with one attached hydrogen (secondary N) is 1. The molecule has 2 heterocycles. The van der Waals surface area contributed by atoms with Gasteiger partial charge in [0.05, 0.1) is 6.04 Å². The van der Waals surface area contributed by atoms with Gasteiger partial charge in [0.25, 0.3) is 0 Å². The maximum absolute atomic E-state index is 12.2. The summed E-state index contributed by atoms with van der Waals surface area (Å²) in [4.78, 5) is 37.6. The van der Waals surface area contributed by atoms with Gasteiger partial charge in [-0.1, -0.05) is 11.6 Å². The fraction of sp³-hybridized carbons (Fsp3) is 0.438. The third-order valence-electron chi connectivity index (χ3n) is 4.06. The fourth-order valence-corrected chi connectivity index (χ4v) is 4.15. The van der Waals surface area contributed by atoms with Crippen molar-refractivity contribution in [3.63, 3.8) is 0 Å². The lowest BCUT2D eigenvalue weighted by Crippen LogP contribution is -2.36. The van der Waals surface area contributed by atoms with Gasteiger partial charge in [-0.3, -0.25) is 19.3 Å². The van der Waals surface area contributed by atoms with Gasteiger partial charge >= 0.3 is 0 Å². The SMILES string of the molecule is O=C(CCN1C(=O)CCC1=O)NC1CCSc2ccc(Cl)cc21. The largest absolute Gasteiger partial charge is 0.349 e. The first-order chi connectivity index (χ1) is 11.0. The Bertz CT molecular complexity index is 649.